The quantitative estimate of drug-likeness (QED) is 0.740. The van der Waals surface area contributed by atoms with E-state index in [-0.39, 0.29) is 11.7 Å². The second-order valence-corrected chi connectivity index (χ2v) is 6.33. The van der Waals surface area contributed by atoms with E-state index in [9.17, 15) is 4.79 Å². The molecule has 0 aliphatic carbocycles. The first-order chi connectivity index (χ1) is 11.6. The highest BCUT2D eigenvalue weighted by Crippen LogP contribution is 2.24. The number of aromatic amines is 1. The third-order valence-electron chi connectivity index (χ3n) is 4.60. The van der Waals surface area contributed by atoms with Crippen LogP contribution in [0, 0.1) is 0 Å². The normalized spacial score (nSPS) is 18.2. The van der Waals surface area contributed by atoms with Crippen molar-refractivity contribution in [2.24, 2.45) is 12.8 Å². The van der Waals surface area contributed by atoms with Gasteiger partial charge in [-0.1, -0.05) is 6.07 Å². The highest BCUT2D eigenvalue weighted by molar-refractivity contribution is 5.81. The zero-order chi connectivity index (χ0) is 16.7. The summed E-state index contributed by atoms with van der Waals surface area (Å²) < 4.78 is 1.60. The number of nitrogens with two attached hydrogens (primary N) is 1. The van der Waals surface area contributed by atoms with Crippen molar-refractivity contribution in [1.29, 1.82) is 0 Å². The molecule has 3 aromatic rings. The van der Waals surface area contributed by atoms with Crippen LogP contribution in [0.4, 0.5) is 5.82 Å². The standard InChI is InChI=1S/C17H20N6O/c1-22-15-7-11(4-5-13(15)21-17(22)24)14-8-19-9-16(20-14)23-6-2-3-12(18)10-23/h4-5,7-9,12H,2-3,6,10,18H2,1H3,(H,21,24). The topological polar surface area (TPSA) is 92.8 Å². The van der Waals surface area contributed by atoms with Gasteiger partial charge in [-0.2, -0.15) is 0 Å². The summed E-state index contributed by atoms with van der Waals surface area (Å²) in [6.07, 6.45) is 5.66. The van der Waals surface area contributed by atoms with Crippen LogP contribution in [0.15, 0.2) is 35.4 Å². The summed E-state index contributed by atoms with van der Waals surface area (Å²) in [7, 11) is 1.75. The van der Waals surface area contributed by atoms with Gasteiger partial charge in [-0.05, 0) is 25.0 Å². The van der Waals surface area contributed by atoms with Gasteiger partial charge in [0.15, 0.2) is 0 Å². The Balaban J connectivity index is 1.73. The Morgan fingerprint density at radius 1 is 1.33 bits per heavy atom. The second-order valence-electron chi connectivity index (χ2n) is 6.33. The molecular formula is C17H20N6O. The summed E-state index contributed by atoms with van der Waals surface area (Å²) in [6, 6.07) is 6.00. The van der Waals surface area contributed by atoms with E-state index in [1.165, 1.54) is 0 Å². The van der Waals surface area contributed by atoms with E-state index in [4.69, 9.17) is 10.7 Å². The van der Waals surface area contributed by atoms with E-state index in [0.29, 0.717) is 0 Å². The zero-order valence-corrected chi connectivity index (χ0v) is 13.6. The number of H-pyrrole nitrogens is 1. The van der Waals surface area contributed by atoms with Gasteiger partial charge in [0, 0.05) is 31.7 Å². The van der Waals surface area contributed by atoms with Gasteiger partial charge in [0.25, 0.3) is 0 Å². The number of anilines is 1. The molecule has 24 heavy (non-hydrogen) atoms. The fourth-order valence-electron chi connectivity index (χ4n) is 3.25. The summed E-state index contributed by atoms with van der Waals surface area (Å²) in [6.45, 7) is 1.76. The molecule has 0 spiro atoms. The summed E-state index contributed by atoms with van der Waals surface area (Å²) in [5, 5.41) is 0. The molecule has 4 rings (SSSR count). The molecule has 1 saturated heterocycles. The Labute approximate surface area is 139 Å². The Morgan fingerprint density at radius 3 is 3.04 bits per heavy atom. The van der Waals surface area contributed by atoms with Crippen molar-refractivity contribution in [1.82, 2.24) is 19.5 Å². The minimum atomic E-state index is -0.121. The van der Waals surface area contributed by atoms with E-state index in [0.717, 1.165) is 54.0 Å². The largest absolute Gasteiger partial charge is 0.354 e. The van der Waals surface area contributed by atoms with E-state index >= 15 is 0 Å². The molecule has 1 aliphatic heterocycles. The lowest BCUT2D eigenvalue weighted by Gasteiger charge is -2.31. The minimum Gasteiger partial charge on any atom is -0.354 e. The van der Waals surface area contributed by atoms with E-state index in [2.05, 4.69) is 14.9 Å². The molecule has 1 unspecified atom stereocenters. The maximum Gasteiger partial charge on any atom is 0.326 e. The smallest absolute Gasteiger partial charge is 0.326 e. The number of fused-ring (bicyclic) bond motifs is 1. The molecule has 0 amide bonds. The average Bonchev–Trinajstić information content (AvgIpc) is 2.89. The van der Waals surface area contributed by atoms with Crippen molar-refractivity contribution in [2.75, 3.05) is 18.0 Å². The Bertz CT molecular complexity index is 944. The first-order valence-corrected chi connectivity index (χ1v) is 8.13. The van der Waals surface area contributed by atoms with Gasteiger partial charge in [-0.15, -0.1) is 0 Å². The fraction of sp³-hybridized carbons (Fsp3) is 0.353. The Morgan fingerprint density at radius 2 is 2.21 bits per heavy atom. The number of benzene rings is 1. The molecule has 7 heteroatoms. The van der Waals surface area contributed by atoms with Crippen LogP contribution in [-0.2, 0) is 7.05 Å². The van der Waals surface area contributed by atoms with Crippen LogP contribution in [0.3, 0.4) is 0 Å². The van der Waals surface area contributed by atoms with Gasteiger partial charge in [-0.25, -0.2) is 9.78 Å². The van der Waals surface area contributed by atoms with Gasteiger partial charge in [0.05, 0.1) is 29.1 Å². The second kappa shape index (κ2) is 5.76. The summed E-state index contributed by atoms with van der Waals surface area (Å²) >= 11 is 0. The highest BCUT2D eigenvalue weighted by Gasteiger charge is 2.18. The Kier molecular flexibility index (Phi) is 3.57. The number of aromatic nitrogens is 4. The minimum absolute atomic E-state index is 0.121. The van der Waals surface area contributed by atoms with Gasteiger partial charge in [0.2, 0.25) is 0 Å². The molecule has 0 saturated carbocycles. The van der Waals surface area contributed by atoms with Crippen molar-refractivity contribution in [2.45, 2.75) is 18.9 Å². The van der Waals surface area contributed by atoms with Crippen molar-refractivity contribution < 1.29 is 0 Å². The molecule has 124 valence electrons. The molecule has 2 aromatic heterocycles. The number of hydrogen-bond acceptors (Lipinski definition) is 5. The monoisotopic (exact) mass is 324 g/mol. The van der Waals surface area contributed by atoms with Crippen molar-refractivity contribution in [3.8, 4) is 11.3 Å². The summed E-state index contributed by atoms with van der Waals surface area (Å²) in [4.78, 5) is 25.9. The summed E-state index contributed by atoms with van der Waals surface area (Å²) in [5.41, 5.74) is 9.35. The molecule has 3 N–H and O–H groups in total. The molecule has 7 nitrogen and oxygen atoms in total. The predicted molar refractivity (Wildman–Crippen MR) is 94.0 cm³/mol. The van der Waals surface area contributed by atoms with E-state index < -0.39 is 0 Å². The third kappa shape index (κ3) is 2.56. The van der Waals surface area contributed by atoms with Crippen LogP contribution in [0.25, 0.3) is 22.3 Å². The predicted octanol–water partition coefficient (Wildman–Crippen LogP) is 1.25. The zero-order valence-electron chi connectivity index (χ0n) is 13.6. The van der Waals surface area contributed by atoms with E-state index in [1.807, 2.05) is 18.2 Å². The lowest BCUT2D eigenvalue weighted by atomic mass is 10.1. The van der Waals surface area contributed by atoms with Crippen molar-refractivity contribution >= 4 is 16.9 Å². The molecule has 0 bridgehead atoms. The fourth-order valence-corrected chi connectivity index (χ4v) is 3.25. The summed E-state index contributed by atoms with van der Waals surface area (Å²) in [5.74, 6) is 0.853. The van der Waals surface area contributed by atoms with Crippen LogP contribution < -0.4 is 16.3 Å². The number of rotatable bonds is 2. The molecule has 1 aliphatic rings. The Hall–Kier alpha value is -2.67. The maximum atomic E-state index is 11.7. The van der Waals surface area contributed by atoms with Crippen LogP contribution in [0.1, 0.15) is 12.8 Å². The number of hydrogen-bond donors (Lipinski definition) is 2. The van der Waals surface area contributed by atoms with Crippen LogP contribution in [0.2, 0.25) is 0 Å². The average molecular weight is 324 g/mol. The maximum absolute atomic E-state index is 11.7. The van der Waals surface area contributed by atoms with E-state index in [1.54, 1.807) is 24.0 Å². The van der Waals surface area contributed by atoms with Crippen LogP contribution >= 0.6 is 0 Å². The lowest BCUT2D eigenvalue weighted by Crippen LogP contribution is -2.43. The van der Waals surface area contributed by atoms with Gasteiger partial charge in [-0.3, -0.25) is 9.55 Å². The third-order valence-corrected chi connectivity index (χ3v) is 4.60. The first-order valence-electron chi connectivity index (χ1n) is 8.13. The molecule has 1 atom stereocenters. The lowest BCUT2D eigenvalue weighted by molar-refractivity contribution is 0.503. The van der Waals surface area contributed by atoms with Crippen molar-refractivity contribution in [3.63, 3.8) is 0 Å². The van der Waals surface area contributed by atoms with Crippen LogP contribution in [0.5, 0.6) is 0 Å². The number of nitrogens with one attached hydrogen (secondary N) is 1. The molecule has 3 heterocycles. The van der Waals surface area contributed by atoms with Gasteiger partial charge < -0.3 is 15.6 Å². The van der Waals surface area contributed by atoms with Crippen LogP contribution in [-0.4, -0.2) is 38.7 Å². The van der Waals surface area contributed by atoms with Gasteiger partial charge >= 0.3 is 5.69 Å². The number of imidazole rings is 1. The van der Waals surface area contributed by atoms with Gasteiger partial charge in [0.1, 0.15) is 5.82 Å². The van der Waals surface area contributed by atoms with Crippen molar-refractivity contribution in [3.05, 3.63) is 41.1 Å². The number of piperidine rings is 1. The first kappa shape index (κ1) is 14.9. The number of nitrogens with zero attached hydrogens (tertiary/aromatic N) is 4. The molecule has 1 fully saturated rings. The molecular weight excluding hydrogens is 304 g/mol. The highest BCUT2D eigenvalue weighted by atomic mass is 16.1. The molecule has 0 radical (unpaired) electrons. The SMILES string of the molecule is Cn1c(=O)[nH]c2ccc(-c3cncc(N4CCCC(N)C4)n3)cc21. The molecule has 1 aromatic carbocycles. The number of aryl methyl sites for hydroxylation is 1.